The minimum atomic E-state index is -1.05. The molecule has 1 aromatic rings. The van der Waals surface area contributed by atoms with Crippen molar-refractivity contribution in [2.24, 2.45) is 5.92 Å². The Bertz CT molecular complexity index is 657. The Kier molecular flexibility index (Phi) is 5.29. The van der Waals surface area contributed by atoms with Crippen LogP contribution in [0.3, 0.4) is 0 Å². The summed E-state index contributed by atoms with van der Waals surface area (Å²) in [5.74, 6) is -0.975. The van der Waals surface area contributed by atoms with Crippen molar-refractivity contribution < 1.29 is 23.1 Å². The molecule has 2 amide bonds. The second-order valence-corrected chi connectivity index (χ2v) is 5.19. The number of amides is 2. The number of anilines is 1. The number of ether oxygens (including phenoxy) is 1. The predicted molar refractivity (Wildman–Crippen MR) is 79.5 cm³/mol. The average Bonchev–Trinajstić information content (AvgIpc) is 2.91. The van der Waals surface area contributed by atoms with Gasteiger partial charge in [-0.1, -0.05) is 5.92 Å². The van der Waals surface area contributed by atoms with Crippen molar-refractivity contribution in [1.29, 1.82) is 0 Å². The van der Waals surface area contributed by atoms with E-state index in [0.717, 1.165) is 12.1 Å². The first-order chi connectivity index (χ1) is 11.0. The maximum absolute atomic E-state index is 13.3. The number of hydrogen-bond acceptors (Lipinski definition) is 3. The molecule has 0 saturated carbocycles. The Hall–Kier alpha value is -2.46. The summed E-state index contributed by atoms with van der Waals surface area (Å²) in [4.78, 5) is 25.4. The van der Waals surface area contributed by atoms with Crippen molar-refractivity contribution in [2.75, 3.05) is 25.2 Å². The molecule has 1 aliphatic rings. The number of methoxy groups -OCH3 is 1. The SMILES string of the molecule is C#C[C@@H](COC)NC(=O)[C@H]1CC(=O)N(c2ccc(F)c(F)c2)C1. The van der Waals surface area contributed by atoms with Gasteiger partial charge in [-0.15, -0.1) is 6.42 Å². The number of carbonyl (C=O) groups is 2. The number of halogens is 2. The highest BCUT2D eigenvalue weighted by Crippen LogP contribution is 2.26. The average molecular weight is 322 g/mol. The number of nitrogens with one attached hydrogen (secondary N) is 1. The summed E-state index contributed by atoms with van der Waals surface area (Å²) in [5.41, 5.74) is 0.217. The zero-order chi connectivity index (χ0) is 17.0. The molecule has 23 heavy (non-hydrogen) atoms. The largest absolute Gasteiger partial charge is 0.382 e. The number of carbonyl (C=O) groups excluding carboxylic acids is 2. The van der Waals surface area contributed by atoms with Gasteiger partial charge in [-0.25, -0.2) is 8.78 Å². The zero-order valence-corrected chi connectivity index (χ0v) is 12.5. The molecule has 1 aromatic carbocycles. The van der Waals surface area contributed by atoms with E-state index < -0.39 is 23.6 Å². The molecule has 1 heterocycles. The van der Waals surface area contributed by atoms with E-state index in [1.807, 2.05) is 0 Å². The lowest BCUT2D eigenvalue weighted by Gasteiger charge is -2.18. The first kappa shape index (κ1) is 16.9. The normalized spacial score (nSPS) is 18.6. The predicted octanol–water partition coefficient (Wildman–Crippen LogP) is 1.08. The van der Waals surface area contributed by atoms with Crippen LogP contribution in [-0.2, 0) is 14.3 Å². The molecule has 0 bridgehead atoms. The van der Waals surface area contributed by atoms with E-state index in [0.29, 0.717) is 0 Å². The van der Waals surface area contributed by atoms with Crippen molar-refractivity contribution >= 4 is 17.5 Å². The molecule has 1 saturated heterocycles. The van der Waals surface area contributed by atoms with Gasteiger partial charge in [0.25, 0.3) is 0 Å². The van der Waals surface area contributed by atoms with E-state index in [9.17, 15) is 18.4 Å². The van der Waals surface area contributed by atoms with E-state index in [4.69, 9.17) is 11.2 Å². The highest BCUT2D eigenvalue weighted by atomic mass is 19.2. The summed E-state index contributed by atoms with van der Waals surface area (Å²) in [6.07, 6.45) is 5.26. The minimum Gasteiger partial charge on any atom is -0.382 e. The van der Waals surface area contributed by atoms with Crippen LogP contribution in [0.15, 0.2) is 18.2 Å². The zero-order valence-electron chi connectivity index (χ0n) is 12.5. The van der Waals surface area contributed by atoms with Gasteiger partial charge < -0.3 is 15.0 Å². The molecule has 0 aliphatic carbocycles. The maximum atomic E-state index is 13.3. The summed E-state index contributed by atoms with van der Waals surface area (Å²) in [6, 6.07) is 2.59. The third-order valence-electron chi connectivity index (χ3n) is 3.56. The first-order valence-electron chi connectivity index (χ1n) is 6.97. The van der Waals surface area contributed by atoms with Crippen molar-refractivity contribution in [3.63, 3.8) is 0 Å². The molecule has 1 aliphatic heterocycles. The number of terminal acetylenes is 1. The Labute approximate surface area is 132 Å². The van der Waals surface area contributed by atoms with E-state index >= 15 is 0 Å². The van der Waals surface area contributed by atoms with Crippen LogP contribution in [0.4, 0.5) is 14.5 Å². The van der Waals surface area contributed by atoms with Gasteiger partial charge >= 0.3 is 0 Å². The molecule has 1 fully saturated rings. The Morgan fingerprint density at radius 3 is 2.87 bits per heavy atom. The summed E-state index contributed by atoms with van der Waals surface area (Å²) in [5, 5.41) is 2.61. The van der Waals surface area contributed by atoms with Crippen LogP contribution in [0.5, 0.6) is 0 Å². The molecule has 1 N–H and O–H groups in total. The van der Waals surface area contributed by atoms with Crippen LogP contribution in [0, 0.1) is 29.9 Å². The molecule has 5 nitrogen and oxygen atoms in total. The van der Waals surface area contributed by atoms with E-state index in [1.165, 1.54) is 18.1 Å². The first-order valence-corrected chi connectivity index (χ1v) is 6.97. The van der Waals surface area contributed by atoms with Gasteiger partial charge in [0, 0.05) is 31.8 Å². The van der Waals surface area contributed by atoms with Gasteiger partial charge in [0.05, 0.1) is 12.5 Å². The Morgan fingerprint density at radius 2 is 2.26 bits per heavy atom. The molecular formula is C16H16F2N2O3. The monoisotopic (exact) mass is 322 g/mol. The van der Waals surface area contributed by atoms with Crippen LogP contribution in [-0.4, -0.2) is 38.1 Å². The lowest BCUT2D eigenvalue weighted by Crippen LogP contribution is -2.41. The van der Waals surface area contributed by atoms with E-state index in [2.05, 4.69) is 11.2 Å². The second-order valence-electron chi connectivity index (χ2n) is 5.19. The third-order valence-corrected chi connectivity index (χ3v) is 3.56. The fourth-order valence-electron chi connectivity index (χ4n) is 2.37. The van der Waals surface area contributed by atoms with Gasteiger partial charge in [-0.3, -0.25) is 9.59 Å². The van der Waals surface area contributed by atoms with Crippen LogP contribution in [0.25, 0.3) is 0 Å². The minimum absolute atomic E-state index is 0.0187. The molecule has 2 rings (SSSR count). The summed E-state index contributed by atoms with van der Waals surface area (Å²) in [7, 11) is 1.46. The summed E-state index contributed by atoms with van der Waals surface area (Å²) >= 11 is 0. The number of nitrogens with zero attached hydrogens (tertiary/aromatic N) is 1. The Balaban J connectivity index is 2.06. The van der Waals surface area contributed by atoms with Crippen LogP contribution >= 0.6 is 0 Å². The highest BCUT2D eigenvalue weighted by molar-refractivity contribution is 6.00. The van der Waals surface area contributed by atoms with Crippen molar-refractivity contribution in [1.82, 2.24) is 5.32 Å². The molecule has 0 aromatic heterocycles. The van der Waals surface area contributed by atoms with Crippen molar-refractivity contribution in [2.45, 2.75) is 12.5 Å². The van der Waals surface area contributed by atoms with E-state index in [-0.39, 0.29) is 37.1 Å². The Morgan fingerprint density at radius 1 is 1.52 bits per heavy atom. The van der Waals surface area contributed by atoms with Crippen LogP contribution in [0.1, 0.15) is 6.42 Å². The standard InChI is InChI=1S/C16H16F2N2O3/c1-3-11(9-23-2)19-16(22)10-6-15(21)20(8-10)12-4-5-13(17)14(18)7-12/h1,4-5,7,10-11H,6,8-9H2,2H3,(H,19,22)/t10-,11-/m0/s1. The van der Waals surface area contributed by atoms with Crippen LogP contribution < -0.4 is 10.2 Å². The molecular weight excluding hydrogens is 306 g/mol. The van der Waals surface area contributed by atoms with Gasteiger partial charge in [-0.05, 0) is 12.1 Å². The fraction of sp³-hybridized carbons (Fsp3) is 0.375. The quantitative estimate of drug-likeness (QED) is 0.826. The van der Waals surface area contributed by atoms with Crippen molar-refractivity contribution in [3.8, 4) is 12.3 Å². The third kappa shape index (κ3) is 3.85. The topological polar surface area (TPSA) is 58.6 Å². The maximum Gasteiger partial charge on any atom is 0.227 e. The second kappa shape index (κ2) is 7.20. The molecule has 7 heteroatoms. The molecule has 2 atom stereocenters. The molecule has 0 spiro atoms. The lowest BCUT2D eigenvalue weighted by molar-refractivity contribution is -0.126. The van der Waals surface area contributed by atoms with Crippen LogP contribution in [0.2, 0.25) is 0 Å². The van der Waals surface area contributed by atoms with Gasteiger partial charge in [0.15, 0.2) is 11.6 Å². The molecule has 0 unspecified atom stereocenters. The van der Waals surface area contributed by atoms with E-state index in [1.54, 1.807) is 0 Å². The highest BCUT2D eigenvalue weighted by Gasteiger charge is 2.35. The van der Waals surface area contributed by atoms with Gasteiger partial charge in [-0.2, -0.15) is 0 Å². The number of benzene rings is 1. The van der Waals surface area contributed by atoms with Gasteiger partial charge in [0.2, 0.25) is 11.8 Å². The summed E-state index contributed by atoms with van der Waals surface area (Å²) < 4.78 is 31.1. The van der Waals surface area contributed by atoms with Gasteiger partial charge in [0.1, 0.15) is 6.04 Å². The lowest BCUT2D eigenvalue weighted by atomic mass is 10.1. The van der Waals surface area contributed by atoms with Crippen molar-refractivity contribution in [3.05, 3.63) is 29.8 Å². The summed E-state index contributed by atoms with van der Waals surface area (Å²) in [6.45, 7) is 0.246. The smallest absolute Gasteiger partial charge is 0.227 e. The number of hydrogen-bond donors (Lipinski definition) is 1. The molecule has 122 valence electrons. The molecule has 0 radical (unpaired) electrons. The fourth-order valence-corrected chi connectivity index (χ4v) is 2.37. The number of rotatable bonds is 5.